The van der Waals surface area contributed by atoms with Gasteiger partial charge in [-0.05, 0) is 143 Å². The second-order valence-corrected chi connectivity index (χ2v) is 18.6. The maximum absolute atomic E-state index is 13.9. The summed E-state index contributed by atoms with van der Waals surface area (Å²) in [7, 11) is 0. The van der Waals surface area contributed by atoms with Crippen LogP contribution < -0.4 is 9.47 Å². The van der Waals surface area contributed by atoms with E-state index in [0.29, 0.717) is 67.1 Å². The van der Waals surface area contributed by atoms with Crippen molar-refractivity contribution in [1.82, 2.24) is 0 Å². The minimum absolute atomic E-state index is 0.00212. The molecule has 0 aromatic heterocycles. The lowest BCUT2D eigenvalue weighted by atomic mass is 9.75. The first kappa shape index (κ1) is 42.6. The van der Waals surface area contributed by atoms with Crippen LogP contribution in [0.2, 0.25) is 0 Å². The van der Waals surface area contributed by atoms with Crippen LogP contribution in [-0.4, -0.2) is 37.4 Å². The number of hydrogen-bond acceptors (Lipinski definition) is 6. The summed E-state index contributed by atoms with van der Waals surface area (Å²) >= 11 is 7.79. The van der Waals surface area contributed by atoms with Gasteiger partial charge < -0.3 is 18.9 Å². The Kier molecular flexibility index (Phi) is 14.7. The first-order valence-electron chi connectivity index (χ1n) is 19.9. The lowest BCUT2D eigenvalue weighted by Crippen LogP contribution is -2.36. The molecule has 2 aliphatic carbocycles. The highest BCUT2D eigenvalue weighted by atomic mass is 79.9. The van der Waals surface area contributed by atoms with E-state index in [2.05, 4.69) is 85.5 Å². The lowest BCUT2D eigenvalue weighted by Gasteiger charge is -2.37. The van der Waals surface area contributed by atoms with E-state index < -0.39 is 11.9 Å². The van der Waals surface area contributed by atoms with Crippen molar-refractivity contribution in [3.8, 4) is 33.8 Å². The van der Waals surface area contributed by atoms with Gasteiger partial charge in [-0.2, -0.15) is 0 Å². The fourth-order valence-electron chi connectivity index (χ4n) is 8.76. The molecule has 0 bridgehead atoms. The zero-order valence-electron chi connectivity index (χ0n) is 33.9. The van der Waals surface area contributed by atoms with Gasteiger partial charge in [0.15, 0.2) is 11.5 Å². The molecule has 54 heavy (non-hydrogen) atoms. The van der Waals surface area contributed by atoms with Crippen molar-refractivity contribution in [3.63, 3.8) is 0 Å². The summed E-state index contributed by atoms with van der Waals surface area (Å²) in [5.41, 5.74) is 7.08. The minimum Gasteiger partial charge on any atom is -0.423 e. The van der Waals surface area contributed by atoms with Gasteiger partial charge in [-0.1, -0.05) is 102 Å². The van der Waals surface area contributed by atoms with Crippen LogP contribution in [0, 0.1) is 63.2 Å². The van der Waals surface area contributed by atoms with E-state index >= 15 is 0 Å². The van der Waals surface area contributed by atoms with Crippen LogP contribution in [0.25, 0.3) is 22.3 Å². The normalized spacial score (nSPS) is 23.1. The summed E-state index contributed by atoms with van der Waals surface area (Å²) in [6, 6.07) is 12.3. The van der Waals surface area contributed by atoms with Gasteiger partial charge in [0.1, 0.15) is 13.2 Å². The molecule has 2 aliphatic rings. The molecule has 2 saturated carbocycles. The monoisotopic (exact) mass is 866 g/mol. The maximum atomic E-state index is 13.9. The van der Waals surface area contributed by atoms with Crippen LogP contribution >= 0.6 is 31.9 Å². The highest BCUT2D eigenvalue weighted by molar-refractivity contribution is 9.11. The Bertz CT molecular complexity index is 1680. The lowest BCUT2D eigenvalue weighted by molar-refractivity contribution is -0.145. The molecule has 0 saturated heterocycles. The van der Waals surface area contributed by atoms with E-state index in [4.69, 9.17) is 18.9 Å². The van der Waals surface area contributed by atoms with Gasteiger partial charge in [-0.25, -0.2) is 9.59 Å². The zero-order valence-corrected chi connectivity index (χ0v) is 37.1. The van der Waals surface area contributed by atoms with Gasteiger partial charge in [0, 0.05) is 11.1 Å². The number of carbonyl (C=O) groups excluding carboxylic acids is 2. The number of halogens is 2. The predicted molar refractivity (Wildman–Crippen MR) is 225 cm³/mol. The molecule has 6 atom stereocenters. The Labute approximate surface area is 340 Å². The molecule has 0 spiro atoms. The Hall–Kier alpha value is -2.52. The summed E-state index contributed by atoms with van der Waals surface area (Å²) in [5.74, 6) is 2.51. The molecule has 8 heteroatoms. The number of benzene rings is 3. The Morgan fingerprint density at radius 2 is 1.00 bits per heavy atom. The molecule has 0 N–H and O–H groups in total. The van der Waals surface area contributed by atoms with E-state index in [-0.39, 0.29) is 25.4 Å². The van der Waals surface area contributed by atoms with Gasteiger partial charge in [0.2, 0.25) is 0 Å². The number of aryl methyl sites for hydroxylation is 4. The van der Waals surface area contributed by atoms with Crippen molar-refractivity contribution < 1.29 is 28.5 Å². The topological polar surface area (TPSA) is 71.1 Å². The van der Waals surface area contributed by atoms with Crippen molar-refractivity contribution in [2.45, 2.75) is 120 Å². The molecule has 0 heterocycles. The third-order valence-electron chi connectivity index (χ3n) is 11.8. The van der Waals surface area contributed by atoms with Gasteiger partial charge >= 0.3 is 11.9 Å². The van der Waals surface area contributed by atoms with Crippen LogP contribution in [0.1, 0.15) is 102 Å². The van der Waals surface area contributed by atoms with E-state index in [0.717, 1.165) is 59.1 Å². The Balaban J connectivity index is 1.57. The number of carbonyl (C=O) groups is 2. The predicted octanol–water partition coefficient (Wildman–Crippen LogP) is 12.5. The zero-order chi connectivity index (χ0) is 39.4. The summed E-state index contributed by atoms with van der Waals surface area (Å²) in [5, 5.41) is 0. The SMILES string of the molecule is Cc1ccc(-c2c(Br)c(OC(=O)CO[C@@H]3C[C@H](C)CC[C@@H]3C(C)C)c(-c3ccc(C)cc3C)c(Br)c2OC(=O)CO[C@H]2C[C@@H](C)CC[C@@H]2C(C)C)c(C)c1. The fraction of sp³-hybridized carbons (Fsp3) is 0.565. The molecular weight excluding hydrogens is 808 g/mol. The molecule has 5 rings (SSSR count). The number of rotatable bonds is 12. The smallest absolute Gasteiger partial charge is 0.337 e. The van der Waals surface area contributed by atoms with Gasteiger partial charge in [-0.3, -0.25) is 0 Å². The fourth-order valence-corrected chi connectivity index (χ4v) is 10.1. The second kappa shape index (κ2) is 18.6. The Morgan fingerprint density at radius 3 is 1.33 bits per heavy atom. The third kappa shape index (κ3) is 10.1. The van der Waals surface area contributed by atoms with Crippen molar-refractivity contribution in [2.24, 2.45) is 35.5 Å². The minimum atomic E-state index is -0.486. The molecular formula is C46H60Br2O6. The maximum Gasteiger partial charge on any atom is 0.337 e. The van der Waals surface area contributed by atoms with Crippen molar-refractivity contribution in [3.05, 3.63) is 67.6 Å². The van der Waals surface area contributed by atoms with Crippen LogP contribution in [0.15, 0.2) is 45.3 Å². The van der Waals surface area contributed by atoms with E-state index in [9.17, 15) is 9.59 Å². The van der Waals surface area contributed by atoms with E-state index in [1.807, 2.05) is 52.0 Å². The number of hydrogen-bond donors (Lipinski definition) is 0. The van der Waals surface area contributed by atoms with Crippen molar-refractivity contribution in [1.29, 1.82) is 0 Å². The quantitative estimate of drug-likeness (QED) is 0.133. The first-order chi connectivity index (χ1) is 25.5. The second-order valence-electron chi connectivity index (χ2n) is 17.0. The molecule has 0 aliphatic heterocycles. The Morgan fingerprint density at radius 1 is 0.630 bits per heavy atom. The van der Waals surface area contributed by atoms with Crippen LogP contribution in [-0.2, 0) is 19.1 Å². The van der Waals surface area contributed by atoms with Crippen molar-refractivity contribution >= 4 is 43.8 Å². The third-order valence-corrected chi connectivity index (χ3v) is 13.3. The highest BCUT2D eigenvalue weighted by Crippen LogP contribution is 2.55. The summed E-state index contributed by atoms with van der Waals surface area (Å²) in [6.07, 6.45) is 6.39. The number of esters is 2. The molecule has 0 unspecified atom stereocenters. The van der Waals surface area contributed by atoms with E-state index in [1.54, 1.807) is 0 Å². The number of ether oxygens (including phenoxy) is 4. The largest absolute Gasteiger partial charge is 0.423 e. The standard InChI is InChI=1S/C46H60Br2O6/c1-25(2)33-15-11-29(7)21-37(33)51-23-39(49)53-45-41(35-17-13-27(5)19-31(35)9)44(48)46(42(43(45)47)36-18-14-28(6)20-32(36)10)54-40(50)24-52-38-22-30(8)12-16-34(38)26(3)4/h13-14,17-20,25-26,29-30,33-34,37-38H,11-12,15-16,21-24H2,1-10H3/t29-,30+,33-,34-,37-,38+/m1/s1. The summed E-state index contributed by atoms with van der Waals surface area (Å²) in [4.78, 5) is 27.7. The molecule has 3 aromatic rings. The van der Waals surface area contributed by atoms with Crippen molar-refractivity contribution in [2.75, 3.05) is 13.2 Å². The molecule has 0 amide bonds. The first-order valence-corrected chi connectivity index (χ1v) is 21.5. The summed E-state index contributed by atoms with van der Waals surface area (Å²) < 4.78 is 26.5. The highest BCUT2D eigenvalue weighted by Gasteiger charge is 2.35. The molecule has 6 nitrogen and oxygen atoms in total. The van der Waals surface area contributed by atoms with Crippen LogP contribution in [0.5, 0.6) is 11.5 Å². The molecule has 3 aromatic carbocycles. The van der Waals surface area contributed by atoms with Gasteiger partial charge in [0.25, 0.3) is 0 Å². The molecule has 2 fully saturated rings. The average molecular weight is 869 g/mol. The average Bonchev–Trinajstić information content (AvgIpc) is 3.09. The van der Waals surface area contributed by atoms with E-state index in [1.165, 1.54) is 12.8 Å². The molecule has 0 radical (unpaired) electrons. The van der Waals surface area contributed by atoms with Crippen LogP contribution in [0.3, 0.4) is 0 Å². The summed E-state index contributed by atoms with van der Waals surface area (Å²) in [6.45, 7) is 21.2. The van der Waals surface area contributed by atoms with Gasteiger partial charge in [0.05, 0.1) is 21.2 Å². The molecule has 294 valence electrons. The van der Waals surface area contributed by atoms with Gasteiger partial charge in [-0.15, -0.1) is 0 Å². The van der Waals surface area contributed by atoms with Crippen LogP contribution in [0.4, 0.5) is 0 Å².